The molecule has 1 amide bonds. The van der Waals surface area contributed by atoms with E-state index in [2.05, 4.69) is 15.6 Å². The van der Waals surface area contributed by atoms with Crippen LogP contribution in [0.1, 0.15) is 10.4 Å². The molecule has 0 bridgehead atoms. The number of hydrogen-bond acceptors (Lipinski definition) is 4. The van der Waals surface area contributed by atoms with Crippen LogP contribution in [0.5, 0.6) is 0 Å². The molecular weight excluding hydrogens is 344 g/mol. The lowest BCUT2D eigenvalue weighted by atomic mass is 10.1. The molecule has 7 nitrogen and oxygen atoms in total. The van der Waals surface area contributed by atoms with Gasteiger partial charge in [0, 0.05) is 21.8 Å². The molecule has 25 heavy (non-hydrogen) atoms. The van der Waals surface area contributed by atoms with Crippen molar-refractivity contribution < 1.29 is 14.7 Å². The van der Waals surface area contributed by atoms with E-state index >= 15 is 0 Å². The van der Waals surface area contributed by atoms with Crippen molar-refractivity contribution in [3.8, 4) is 11.3 Å². The number of carbonyl (C=O) groups excluding carboxylic acids is 1. The number of aromatic nitrogens is 3. The third kappa shape index (κ3) is 4.21. The lowest BCUT2D eigenvalue weighted by Crippen LogP contribution is -2.11. The fourth-order valence-corrected chi connectivity index (χ4v) is 2.43. The highest BCUT2D eigenvalue weighted by Crippen LogP contribution is 2.21. The maximum absolute atomic E-state index is 12.3. The third-order valence-electron chi connectivity index (χ3n) is 3.34. The number of halogens is 1. The third-order valence-corrected chi connectivity index (χ3v) is 3.57. The van der Waals surface area contributed by atoms with E-state index in [9.17, 15) is 9.59 Å². The molecule has 8 heteroatoms. The predicted octanol–water partition coefficient (Wildman–Crippen LogP) is 2.94. The van der Waals surface area contributed by atoms with E-state index in [1.807, 2.05) is 0 Å². The number of anilines is 1. The number of nitrogens with one attached hydrogen (secondary N) is 1. The minimum Gasteiger partial charge on any atom is -0.480 e. The van der Waals surface area contributed by atoms with E-state index in [0.29, 0.717) is 27.5 Å². The molecule has 2 aromatic carbocycles. The van der Waals surface area contributed by atoms with Crippen LogP contribution in [-0.4, -0.2) is 32.0 Å². The van der Waals surface area contributed by atoms with Gasteiger partial charge in [0.1, 0.15) is 12.2 Å². The van der Waals surface area contributed by atoms with E-state index in [0.717, 1.165) is 0 Å². The second-order valence-corrected chi connectivity index (χ2v) is 5.68. The Labute approximate surface area is 147 Å². The lowest BCUT2D eigenvalue weighted by molar-refractivity contribution is -0.137. The Balaban J connectivity index is 1.78. The SMILES string of the molecule is O=C(O)Cn1cc(-c2cccc(NC(=O)c3cccc(Cl)c3)c2)nn1. The topological polar surface area (TPSA) is 97.1 Å². The summed E-state index contributed by atoms with van der Waals surface area (Å²) in [5, 5.41) is 19.8. The molecule has 0 aliphatic heterocycles. The molecule has 0 fully saturated rings. The fraction of sp³-hybridized carbons (Fsp3) is 0.0588. The normalized spacial score (nSPS) is 10.4. The van der Waals surface area contributed by atoms with Crippen LogP contribution in [0.25, 0.3) is 11.3 Å². The van der Waals surface area contributed by atoms with Crippen LogP contribution in [0.2, 0.25) is 5.02 Å². The molecular formula is C17H13ClN4O3. The molecule has 0 aliphatic carbocycles. The second kappa shape index (κ2) is 7.14. The van der Waals surface area contributed by atoms with Crippen LogP contribution in [0.4, 0.5) is 5.69 Å². The summed E-state index contributed by atoms with van der Waals surface area (Å²) in [5.41, 5.74) is 2.25. The Morgan fingerprint density at radius 3 is 2.72 bits per heavy atom. The van der Waals surface area contributed by atoms with Crippen molar-refractivity contribution in [1.82, 2.24) is 15.0 Å². The largest absolute Gasteiger partial charge is 0.480 e. The first kappa shape index (κ1) is 16.7. The molecule has 0 spiro atoms. The van der Waals surface area contributed by atoms with Crippen molar-refractivity contribution in [2.75, 3.05) is 5.32 Å². The summed E-state index contributed by atoms with van der Waals surface area (Å²) in [6, 6.07) is 13.7. The number of carboxylic acid groups (broad SMARTS) is 1. The first-order chi connectivity index (χ1) is 12.0. The number of aliphatic carboxylic acids is 1. The minimum atomic E-state index is -1.00. The first-order valence-corrected chi connectivity index (χ1v) is 7.68. The van der Waals surface area contributed by atoms with Gasteiger partial charge in [-0.15, -0.1) is 5.10 Å². The molecule has 0 unspecified atom stereocenters. The zero-order chi connectivity index (χ0) is 17.8. The fourth-order valence-electron chi connectivity index (χ4n) is 2.24. The van der Waals surface area contributed by atoms with Crippen molar-refractivity contribution in [2.24, 2.45) is 0 Å². The number of rotatable bonds is 5. The number of carboxylic acids is 1. The molecule has 0 atom stereocenters. The van der Waals surface area contributed by atoms with Gasteiger partial charge in [-0.2, -0.15) is 0 Å². The summed E-state index contributed by atoms with van der Waals surface area (Å²) in [6.45, 7) is -0.266. The standard InChI is InChI=1S/C17H13ClN4O3/c18-13-5-1-4-12(7-13)17(25)19-14-6-2-3-11(8-14)15-9-22(21-20-15)10-16(23)24/h1-9H,10H2,(H,19,25)(H,23,24). The predicted molar refractivity (Wildman–Crippen MR) is 92.5 cm³/mol. The number of carbonyl (C=O) groups is 2. The van der Waals surface area contributed by atoms with Crippen LogP contribution in [0, 0.1) is 0 Å². The van der Waals surface area contributed by atoms with Crippen molar-refractivity contribution in [1.29, 1.82) is 0 Å². The second-order valence-electron chi connectivity index (χ2n) is 5.24. The summed E-state index contributed by atoms with van der Waals surface area (Å²) in [4.78, 5) is 23.0. The highest BCUT2D eigenvalue weighted by atomic mass is 35.5. The molecule has 1 aromatic heterocycles. The average Bonchev–Trinajstić information content (AvgIpc) is 3.03. The average molecular weight is 357 g/mol. The van der Waals surface area contributed by atoms with Crippen LogP contribution < -0.4 is 5.32 Å². The van der Waals surface area contributed by atoms with E-state index < -0.39 is 5.97 Å². The van der Waals surface area contributed by atoms with Crippen LogP contribution in [0.3, 0.4) is 0 Å². The van der Waals surface area contributed by atoms with E-state index in [4.69, 9.17) is 16.7 Å². The number of nitrogens with zero attached hydrogens (tertiary/aromatic N) is 3. The zero-order valence-corrected chi connectivity index (χ0v) is 13.6. The Morgan fingerprint density at radius 2 is 1.96 bits per heavy atom. The quantitative estimate of drug-likeness (QED) is 0.732. The van der Waals surface area contributed by atoms with Crippen molar-refractivity contribution in [3.05, 3.63) is 65.3 Å². The van der Waals surface area contributed by atoms with Gasteiger partial charge in [-0.25, -0.2) is 4.68 Å². The van der Waals surface area contributed by atoms with Gasteiger partial charge in [0.05, 0.1) is 6.20 Å². The monoisotopic (exact) mass is 356 g/mol. The van der Waals surface area contributed by atoms with Gasteiger partial charge >= 0.3 is 5.97 Å². The van der Waals surface area contributed by atoms with Gasteiger partial charge in [0.15, 0.2) is 0 Å². The van der Waals surface area contributed by atoms with Crippen molar-refractivity contribution in [3.63, 3.8) is 0 Å². The number of hydrogen-bond donors (Lipinski definition) is 2. The summed E-state index contributed by atoms with van der Waals surface area (Å²) < 4.78 is 1.23. The van der Waals surface area contributed by atoms with Crippen molar-refractivity contribution in [2.45, 2.75) is 6.54 Å². The Hall–Kier alpha value is -3.19. The van der Waals surface area contributed by atoms with E-state index in [-0.39, 0.29) is 12.5 Å². The molecule has 0 radical (unpaired) electrons. The summed E-state index contributed by atoms with van der Waals surface area (Å²) in [6.07, 6.45) is 1.53. The van der Waals surface area contributed by atoms with Crippen molar-refractivity contribution >= 4 is 29.2 Å². The van der Waals surface area contributed by atoms with Gasteiger partial charge in [-0.05, 0) is 30.3 Å². The number of amides is 1. The van der Waals surface area contributed by atoms with E-state index in [1.54, 1.807) is 48.5 Å². The minimum absolute atomic E-state index is 0.266. The molecule has 126 valence electrons. The molecule has 0 saturated heterocycles. The van der Waals surface area contributed by atoms with Gasteiger partial charge in [0.25, 0.3) is 5.91 Å². The maximum atomic E-state index is 12.3. The Bertz CT molecular complexity index is 939. The van der Waals surface area contributed by atoms with Gasteiger partial charge in [-0.1, -0.05) is 35.0 Å². The van der Waals surface area contributed by atoms with Crippen LogP contribution in [0.15, 0.2) is 54.7 Å². The highest BCUT2D eigenvalue weighted by molar-refractivity contribution is 6.31. The maximum Gasteiger partial charge on any atom is 0.325 e. The molecule has 2 N–H and O–H groups in total. The summed E-state index contributed by atoms with van der Waals surface area (Å²) in [7, 11) is 0. The smallest absolute Gasteiger partial charge is 0.325 e. The molecule has 0 saturated carbocycles. The van der Waals surface area contributed by atoms with Gasteiger partial charge in [0.2, 0.25) is 0 Å². The van der Waals surface area contributed by atoms with Gasteiger partial charge < -0.3 is 10.4 Å². The molecule has 3 rings (SSSR count). The van der Waals surface area contributed by atoms with Crippen LogP contribution in [-0.2, 0) is 11.3 Å². The molecule has 3 aromatic rings. The molecule has 1 heterocycles. The van der Waals surface area contributed by atoms with Crippen LogP contribution >= 0.6 is 11.6 Å². The Kier molecular flexibility index (Phi) is 4.76. The zero-order valence-electron chi connectivity index (χ0n) is 12.9. The molecule has 0 aliphatic rings. The lowest BCUT2D eigenvalue weighted by Gasteiger charge is -2.07. The Morgan fingerprint density at radius 1 is 1.16 bits per heavy atom. The number of benzene rings is 2. The highest BCUT2D eigenvalue weighted by Gasteiger charge is 2.10. The summed E-state index contributed by atoms with van der Waals surface area (Å²) >= 11 is 5.90. The first-order valence-electron chi connectivity index (χ1n) is 7.30. The van der Waals surface area contributed by atoms with Gasteiger partial charge in [-0.3, -0.25) is 9.59 Å². The summed E-state index contributed by atoms with van der Waals surface area (Å²) in [5.74, 6) is -1.28. The van der Waals surface area contributed by atoms with E-state index in [1.165, 1.54) is 10.9 Å².